The Morgan fingerprint density at radius 1 is 1.14 bits per heavy atom. The Balaban J connectivity index is 1.80. The first-order valence-electron chi connectivity index (χ1n) is 9.11. The Hall–Kier alpha value is -2.73. The van der Waals surface area contributed by atoms with Crippen molar-refractivity contribution in [3.8, 4) is 23.0 Å². The van der Waals surface area contributed by atoms with Gasteiger partial charge in [-0.25, -0.2) is 0 Å². The summed E-state index contributed by atoms with van der Waals surface area (Å²) in [5.41, 5.74) is 1.59. The third-order valence-corrected chi connectivity index (χ3v) is 4.41. The molecule has 2 heterocycles. The van der Waals surface area contributed by atoms with Crippen molar-refractivity contribution in [1.82, 2.24) is 10.2 Å². The van der Waals surface area contributed by atoms with Gasteiger partial charge in [0, 0.05) is 0 Å². The number of unbranched alkanes of at least 4 members (excludes halogenated alkanes) is 1. The average molecular weight is 403 g/mol. The van der Waals surface area contributed by atoms with Crippen molar-refractivity contribution in [2.75, 3.05) is 13.7 Å². The van der Waals surface area contributed by atoms with E-state index in [-0.39, 0.29) is 5.89 Å². The highest BCUT2D eigenvalue weighted by Gasteiger charge is 2.16. The average Bonchev–Trinajstić information content (AvgIpc) is 3.29. The molecule has 0 aliphatic heterocycles. The molecule has 148 valence electrons. The van der Waals surface area contributed by atoms with E-state index in [1.54, 1.807) is 13.2 Å². The van der Waals surface area contributed by atoms with Crippen LogP contribution in [0.1, 0.15) is 42.7 Å². The van der Waals surface area contributed by atoms with Gasteiger partial charge in [0.15, 0.2) is 11.5 Å². The highest BCUT2D eigenvalue weighted by atomic mass is 35.5. The molecule has 0 amide bonds. The summed E-state index contributed by atoms with van der Waals surface area (Å²) in [6.45, 7) is 6.48. The molecule has 6 nitrogen and oxygen atoms in total. The van der Waals surface area contributed by atoms with Crippen LogP contribution in [0.25, 0.3) is 22.6 Å². The van der Waals surface area contributed by atoms with E-state index in [9.17, 15) is 0 Å². The summed E-state index contributed by atoms with van der Waals surface area (Å²) >= 11 is 6.39. The van der Waals surface area contributed by atoms with Crippen molar-refractivity contribution in [2.24, 2.45) is 0 Å². The molecule has 0 bridgehead atoms. The Kier molecular flexibility index (Phi) is 6.41. The lowest BCUT2D eigenvalue weighted by molar-refractivity contribution is 0.288. The molecule has 0 spiro atoms. The molecule has 3 aromatic rings. The lowest BCUT2D eigenvalue weighted by atomic mass is 10.2. The third kappa shape index (κ3) is 4.57. The van der Waals surface area contributed by atoms with E-state index in [4.69, 9.17) is 29.9 Å². The van der Waals surface area contributed by atoms with E-state index < -0.39 is 0 Å². The number of hydrogen-bond donors (Lipinski definition) is 0. The molecule has 2 aromatic heterocycles. The predicted octanol–water partition coefficient (Wildman–Crippen LogP) is 5.87. The normalized spacial score (nSPS) is 11.7. The van der Waals surface area contributed by atoms with E-state index in [1.807, 2.05) is 38.1 Å². The number of aryl methyl sites for hydroxylation is 2. The van der Waals surface area contributed by atoms with Crippen LogP contribution in [0, 0.1) is 13.8 Å². The number of methoxy groups -OCH3 is 1. The van der Waals surface area contributed by atoms with Crippen LogP contribution in [0.5, 0.6) is 11.5 Å². The van der Waals surface area contributed by atoms with Crippen molar-refractivity contribution in [1.29, 1.82) is 0 Å². The smallest absolute Gasteiger partial charge is 0.259 e. The zero-order valence-electron chi connectivity index (χ0n) is 16.4. The monoisotopic (exact) mass is 402 g/mol. The topological polar surface area (TPSA) is 70.5 Å². The summed E-state index contributed by atoms with van der Waals surface area (Å²) in [5, 5.41) is 8.43. The Bertz CT molecular complexity index is 975. The number of rotatable bonds is 8. The van der Waals surface area contributed by atoms with Gasteiger partial charge in [-0.05, 0) is 50.1 Å². The molecule has 0 unspecified atom stereocenters. The maximum atomic E-state index is 6.39. The molecule has 0 aliphatic carbocycles. The van der Waals surface area contributed by atoms with Crippen LogP contribution in [-0.4, -0.2) is 23.9 Å². The van der Waals surface area contributed by atoms with Crippen LogP contribution in [0.15, 0.2) is 33.1 Å². The van der Waals surface area contributed by atoms with Crippen molar-refractivity contribution in [3.05, 3.63) is 47.2 Å². The Morgan fingerprint density at radius 2 is 1.96 bits per heavy atom. The number of furan rings is 1. The van der Waals surface area contributed by atoms with E-state index in [1.165, 1.54) is 0 Å². The van der Waals surface area contributed by atoms with Crippen molar-refractivity contribution >= 4 is 22.7 Å². The molecule has 0 N–H and O–H groups in total. The van der Waals surface area contributed by atoms with Gasteiger partial charge < -0.3 is 18.3 Å². The molecule has 1 aromatic carbocycles. The highest BCUT2D eigenvalue weighted by Crippen LogP contribution is 2.32. The maximum absolute atomic E-state index is 6.39. The van der Waals surface area contributed by atoms with Gasteiger partial charge in [-0.1, -0.05) is 31.0 Å². The Labute approximate surface area is 169 Å². The van der Waals surface area contributed by atoms with Crippen molar-refractivity contribution in [3.63, 3.8) is 0 Å². The number of hydrogen-bond acceptors (Lipinski definition) is 6. The van der Waals surface area contributed by atoms with E-state index in [0.29, 0.717) is 29.0 Å². The molecule has 0 saturated carbocycles. The number of aromatic nitrogens is 2. The molecule has 0 radical (unpaired) electrons. The minimum Gasteiger partial charge on any atom is -0.493 e. The molecule has 0 atom stereocenters. The number of ether oxygens (including phenoxy) is 2. The van der Waals surface area contributed by atoms with Crippen LogP contribution >= 0.6 is 11.6 Å². The van der Waals surface area contributed by atoms with E-state index in [0.717, 1.165) is 35.5 Å². The minimum atomic E-state index is 0.233. The van der Waals surface area contributed by atoms with Gasteiger partial charge in [-0.3, -0.25) is 0 Å². The third-order valence-electron chi connectivity index (χ3n) is 4.14. The number of benzene rings is 1. The first-order chi connectivity index (χ1) is 13.5. The summed E-state index contributed by atoms with van der Waals surface area (Å²) in [4.78, 5) is 0. The van der Waals surface area contributed by atoms with Gasteiger partial charge in [0.05, 0.1) is 19.3 Å². The molecule has 7 heteroatoms. The molecule has 28 heavy (non-hydrogen) atoms. The summed E-state index contributed by atoms with van der Waals surface area (Å²) in [6, 6.07) is 7.46. The van der Waals surface area contributed by atoms with Crippen molar-refractivity contribution < 1.29 is 18.3 Å². The van der Waals surface area contributed by atoms with Crippen LogP contribution in [0.3, 0.4) is 0 Å². The summed E-state index contributed by atoms with van der Waals surface area (Å²) < 4.78 is 22.4. The van der Waals surface area contributed by atoms with E-state index in [2.05, 4.69) is 17.1 Å². The lowest BCUT2D eigenvalue weighted by Gasteiger charge is -2.11. The van der Waals surface area contributed by atoms with E-state index >= 15 is 0 Å². The molecule has 0 saturated heterocycles. The van der Waals surface area contributed by atoms with Gasteiger partial charge in [-0.2, -0.15) is 0 Å². The molecular formula is C21H23ClN2O4. The summed E-state index contributed by atoms with van der Waals surface area (Å²) in [7, 11) is 1.61. The molecular weight excluding hydrogens is 380 g/mol. The second kappa shape index (κ2) is 8.97. The first-order valence-corrected chi connectivity index (χ1v) is 9.49. The second-order valence-electron chi connectivity index (χ2n) is 6.34. The highest BCUT2D eigenvalue weighted by molar-refractivity contribution is 6.50. The fraction of sp³-hybridized carbons (Fsp3) is 0.333. The number of nitrogens with zero attached hydrogens (tertiary/aromatic N) is 2. The standard InChI is InChI=1S/C21H23ClN2O4/c1-5-6-9-26-18-8-7-15(12-19(18)25-4)11-17(22)21-24-23-20(28-21)16-10-13(2)27-14(16)3/h7-8,10-12H,5-6,9H2,1-4H3/b17-11-. The van der Waals surface area contributed by atoms with Crippen LogP contribution in [0.2, 0.25) is 0 Å². The largest absolute Gasteiger partial charge is 0.493 e. The lowest BCUT2D eigenvalue weighted by Crippen LogP contribution is -1.98. The summed E-state index contributed by atoms with van der Waals surface area (Å²) in [6.07, 6.45) is 3.80. The molecule has 0 fully saturated rings. The van der Waals surface area contributed by atoms with Crippen LogP contribution < -0.4 is 9.47 Å². The van der Waals surface area contributed by atoms with Gasteiger partial charge in [-0.15, -0.1) is 10.2 Å². The zero-order valence-corrected chi connectivity index (χ0v) is 17.2. The molecule has 0 aliphatic rings. The zero-order chi connectivity index (χ0) is 20.1. The van der Waals surface area contributed by atoms with Gasteiger partial charge in [0.2, 0.25) is 0 Å². The minimum absolute atomic E-state index is 0.233. The fourth-order valence-corrected chi connectivity index (χ4v) is 2.90. The quantitative estimate of drug-likeness (QED) is 0.439. The second-order valence-corrected chi connectivity index (χ2v) is 6.75. The van der Waals surface area contributed by atoms with Crippen LogP contribution in [-0.2, 0) is 0 Å². The maximum Gasteiger partial charge on any atom is 0.259 e. The Morgan fingerprint density at radius 3 is 2.64 bits per heavy atom. The number of halogens is 1. The van der Waals surface area contributed by atoms with Crippen molar-refractivity contribution in [2.45, 2.75) is 33.6 Å². The first kappa shape index (κ1) is 20.0. The van der Waals surface area contributed by atoms with Gasteiger partial charge in [0.25, 0.3) is 11.8 Å². The SMILES string of the molecule is CCCCOc1ccc(/C=C(\Cl)c2nnc(-c3cc(C)oc3C)o2)cc1OC. The van der Waals surface area contributed by atoms with Gasteiger partial charge >= 0.3 is 0 Å². The summed E-state index contributed by atoms with van der Waals surface area (Å²) in [5.74, 6) is 3.45. The fourth-order valence-electron chi connectivity index (χ4n) is 2.70. The van der Waals surface area contributed by atoms with Gasteiger partial charge in [0.1, 0.15) is 16.6 Å². The predicted molar refractivity (Wildman–Crippen MR) is 109 cm³/mol. The molecule has 3 rings (SSSR count). The van der Waals surface area contributed by atoms with Crippen LogP contribution in [0.4, 0.5) is 0 Å².